The van der Waals surface area contributed by atoms with E-state index in [1.165, 1.54) is 4.90 Å². The van der Waals surface area contributed by atoms with Gasteiger partial charge >= 0.3 is 5.97 Å². The summed E-state index contributed by atoms with van der Waals surface area (Å²) in [5.41, 5.74) is 3.56. The van der Waals surface area contributed by atoms with Crippen LogP contribution in [0.3, 0.4) is 0 Å². The molecule has 2 N–H and O–H groups in total. The standard InChI is InChI=1S/C32H29ClN2O5/c1-40-24-16-14-22(15-17-24)21-35(19-18-30(36)37)32(39)28-12-6-4-10-26(28)25-9-3-5-11-27(25)31(38)34-20-23-8-2-7-13-29(23)33/h2-17H,18-21H2,1H3,(H,34,38)(H,36,37). The Bertz CT molecular complexity index is 1500. The van der Waals surface area contributed by atoms with Gasteiger partial charge in [-0.15, -0.1) is 0 Å². The lowest BCUT2D eigenvalue weighted by molar-refractivity contribution is -0.137. The smallest absolute Gasteiger partial charge is 0.305 e. The van der Waals surface area contributed by atoms with Crippen LogP contribution >= 0.6 is 11.6 Å². The Labute approximate surface area is 238 Å². The first-order chi connectivity index (χ1) is 19.4. The molecular formula is C32H29ClN2O5. The molecule has 204 valence electrons. The molecule has 8 heteroatoms. The Hall–Kier alpha value is -4.62. The van der Waals surface area contributed by atoms with Crippen molar-refractivity contribution in [2.24, 2.45) is 0 Å². The number of carboxylic acids is 1. The van der Waals surface area contributed by atoms with Crippen LogP contribution in [0.2, 0.25) is 5.02 Å². The number of carboxylic acid groups (broad SMARTS) is 1. The van der Waals surface area contributed by atoms with Gasteiger partial charge in [0.2, 0.25) is 0 Å². The van der Waals surface area contributed by atoms with Crippen LogP contribution in [0, 0.1) is 0 Å². The van der Waals surface area contributed by atoms with Gasteiger partial charge in [0.1, 0.15) is 5.75 Å². The minimum absolute atomic E-state index is 0.0223. The van der Waals surface area contributed by atoms with E-state index >= 15 is 0 Å². The molecule has 4 rings (SSSR count). The molecular weight excluding hydrogens is 528 g/mol. The topological polar surface area (TPSA) is 95.9 Å². The van der Waals surface area contributed by atoms with Crippen molar-refractivity contribution in [3.05, 3.63) is 124 Å². The first kappa shape index (κ1) is 28.4. The molecule has 0 saturated heterocycles. The second-order valence-corrected chi connectivity index (χ2v) is 9.49. The third-order valence-corrected chi connectivity index (χ3v) is 6.80. The van der Waals surface area contributed by atoms with E-state index < -0.39 is 5.97 Å². The number of amides is 2. The number of aliphatic carboxylic acids is 1. The fourth-order valence-corrected chi connectivity index (χ4v) is 4.54. The van der Waals surface area contributed by atoms with Gasteiger partial charge in [0, 0.05) is 35.8 Å². The molecule has 4 aromatic carbocycles. The minimum Gasteiger partial charge on any atom is -0.497 e. The summed E-state index contributed by atoms with van der Waals surface area (Å²) in [4.78, 5) is 40.1. The molecule has 0 radical (unpaired) electrons. The van der Waals surface area contributed by atoms with Gasteiger partial charge in [-0.3, -0.25) is 14.4 Å². The van der Waals surface area contributed by atoms with Gasteiger partial charge < -0.3 is 20.1 Å². The SMILES string of the molecule is COc1ccc(CN(CCC(=O)O)C(=O)c2ccccc2-c2ccccc2C(=O)NCc2ccccc2Cl)cc1. The molecule has 0 fully saturated rings. The van der Waals surface area contributed by atoms with Crippen LogP contribution in [-0.4, -0.2) is 41.4 Å². The number of hydrogen-bond acceptors (Lipinski definition) is 4. The second kappa shape index (κ2) is 13.4. The van der Waals surface area contributed by atoms with Crippen LogP contribution in [0.4, 0.5) is 0 Å². The van der Waals surface area contributed by atoms with Crippen molar-refractivity contribution in [1.82, 2.24) is 10.2 Å². The number of rotatable bonds is 11. The van der Waals surface area contributed by atoms with Crippen molar-refractivity contribution in [3.8, 4) is 16.9 Å². The summed E-state index contributed by atoms with van der Waals surface area (Å²) in [7, 11) is 1.57. The zero-order chi connectivity index (χ0) is 28.5. The number of carbonyl (C=O) groups excluding carboxylic acids is 2. The van der Waals surface area contributed by atoms with Crippen LogP contribution in [0.25, 0.3) is 11.1 Å². The second-order valence-electron chi connectivity index (χ2n) is 9.08. The van der Waals surface area contributed by atoms with Crippen LogP contribution in [0.5, 0.6) is 5.75 Å². The molecule has 0 unspecified atom stereocenters. The van der Waals surface area contributed by atoms with E-state index in [9.17, 15) is 19.5 Å². The van der Waals surface area contributed by atoms with Crippen molar-refractivity contribution in [2.75, 3.05) is 13.7 Å². The highest BCUT2D eigenvalue weighted by Crippen LogP contribution is 2.29. The third-order valence-electron chi connectivity index (χ3n) is 6.43. The molecule has 0 aromatic heterocycles. The van der Waals surface area contributed by atoms with E-state index in [1.54, 1.807) is 73.8 Å². The van der Waals surface area contributed by atoms with Crippen molar-refractivity contribution in [2.45, 2.75) is 19.5 Å². The van der Waals surface area contributed by atoms with E-state index in [0.29, 0.717) is 33.0 Å². The predicted octanol–water partition coefficient (Wildman–Crippen LogP) is 6.06. The Morgan fingerprint density at radius 3 is 2.08 bits per heavy atom. The zero-order valence-corrected chi connectivity index (χ0v) is 22.7. The zero-order valence-electron chi connectivity index (χ0n) is 22.0. The van der Waals surface area contributed by atoms with Crippen molar-refractivity contribution in [3.63, 3.8) is 0 Å². The Morgan fingerprint density at radius 2 is 1.43 bits per heavy atom. The lowest BCUT2D eigenvalue weighted by Gasteiger charge is -2.24. The van der Waals surface area contributed by atoms with Crippen LogP contribution in [0.15, 0.2) is 97.1 Å². The van der Waals surface area contributed by atoms with Crippen molar-refractivity contribution >= 4 is 29.4 Å². The highest BCUT2D eigenvalue weighted by Gasteiger charge is 2.23. The molecule has 40 heavy (non-hydrogen) atoms. The number of carbonyl (C=O) groups is 3. The predicted molar refractivity (Wildman–Crippen MR) is 154 cm³/mol. The molecule has 0 saturated carbocycles. The van der Waals surface area contributed by atoms with Gasteiger partial charge in [-0.1, -0.05) is 78.3 Å². The number of ether oxygens (including phenoxy) is 1. The fourth-order valence-electron chi connectivity index (χ4n) is 4.34. The molecule has 4 aromatic rings. The molecule has 2 amide bonds. The van der Waals surface area contributed by atoms with Gasteiger partial charge in [-0.25, -0.2) is 0 Å². The summed E-state index contributed by atoms with van der Waals surface area (Å²) in [5, 5.41) is 12.8. The lowest BCUT2D eigenvalue weighted by atomic mass is 9.94. The Morgan fingerprint density at radius 1 is 0.825 bits per heavy atom. The fraction of sp³-hybridized carbons (Fsp3) is 0.156. The highest BCUT2D eigenvalue weighted by molar-refractivity contribution is 6.31. The molecule has 7 nitrogen and oxygen atoms in total. The quantitative estimate of drug-likeness (QED) is 0.234. The average Bonchev–Trinajstić information content (AvgIpc) is 2.98. The van der Waals surface area contributed by atoms with Crippen LogP contribution < -0.4 is 10.1 Å². The highest BCUT2D eigenvalue weighted by atomic mass is 35.5. The summed E-state index contributed by atoms with van der Waals surface area (Å²) in [6.45, 7) is 0.483. The summed E-state index contributed by atoms with van der Waals surface area (Å²) >= 11 is 6.25. The number of halogens is 1. The Balaban J connectivity index is 1.64. The number of nitrogens with one attached hydrogen (secondary N) is 1. The molecule has 0 aliphatic heterocycles. The summed E-state index contributed by atoms with van der Waals surface area (Å²) in [5.74, 6) is -0.957. The van der Waals surface area contributed by atoms with E-state index in [1.807, 2.05) is 30.3 Å². The molecule has 0 aliphatic rings. The van der Waals surface area contributed by atoms with Gasteiger partial charge in [-0.05, 0) is 52.6 Å². The number of methoxy groups -OCH3 is 1. The third kappa shape index (κ3) is 7.07. The number of nitrogens with zero attached hydrogens (tertiary/aromatic N) is 1. The molecule has 0 heterocycles. The van der Waals surface area contributed by atoms with E-state index in [2.05, 4.69) is 5.32 Å². The Kier molecular flexibility index (Phi) is 9.54. The number of hydrogen-bond donors (Lipinski definition) is 2. The maximum Gasteiger partial charge on any atom is 0.305 e. The first-order valence-electron chi connectivity index (χ1n) is 12.7. The largest absolute Gasteiger partial charge is 0.497 e. The van der Waals surface area contributed by atoms with E-state index in [0.717, 1.165) is 11.1 Å². The minimum atomic E-state index is -0.999. The van der Waals surface area contributed by atoms with Crippen LogP contribution in [-0.2, 0) is 17.9 Å². The molecule has 0 spiro atoms. The maximum absolute atomic E-state index is 13.9. The lowest BCUT2D eigenvalue weighted by Crippen LogP contribution is -2.33. The first-order valence-corrected chi connectivity index (χ1v) is 13.1. The maximum atomic E-state index is 13.9. The van der Waals surface area contributed by atoms with Gasteiger partial charge in [0.15, 0.2) is 0 Å². The van der Waals surface area contributed by atoms with Crippen LogP contribution in [0.1, 0.15) is 38.3 Å². The average molecular weight is 557 g/mol. The van der Waals surface area contributed by atoms with Crippen molar-refractivity contribution in [1.29, 1.82) is 0 Å². The molecule has 0 atom stereocenters. The number of benzene rings is 4. The van der Waals surface area contributed by atoms with Gasteiger partial charge in [0.05, 0.1) is 13.5 Å². The molecule has 0 bridgehead atoms. The van der Waals surface area contributed by atoms with Gasteiger partial charge in [-0.2, -0.15) is 0 Å². The van der Waals surface area contributed by atoms with Gasteiger partial charge in [0.25, 0.3) is 11.8 Å². The summed E-state index contributed by atoms with van der Waals surface area (Å²) in [6.07, 6.45) is -0.203. The normalized spacial score (nSPS) is 10.6. The summed E-state index contributed by atoms with van der Waals surface area (Å²) in [6, 6.07) is 28.6. The van der Waals surface area contributed by atoms with E-state index in [-0.39, 0.29) is 37.9 Å². The van der Waals surface area contributed by atoms with Crippen molar-refractivity contribution < 1.29 is 24.2 Å². The monoisotopic (exact) mass is 556 g/mol. The summed E-state index contributed by atoms with van der Waals surface area (Å²) < 4.78 is 5.22. The van der Waals surface area contributed by atoms with E-state index in [4.69, 9.17) is 16.3 Å². The molecule has 0 aliphatic carbocycles.